The smallest absolute Gasteiger partial charge is 0.165 e. The predicted octanol–water partition coefficient (Wildman–Crippen LogP) is 3.12. The first-order valence-corrected chi connectivity index (χ1v) is 7.33. The Kier molecular flexibility index (Phi) is 5.19. The highest BCUT2D eigenvalue weighted by molar-refractivity contribution is 9.10. The lowest BCUT2D eigenvalue weighted by atomic mass is 9.85. The molecule has 1 saturated carbocycles. The number of methoxy groups -OCH3 is 1. The second-order valence-electron chi connectivity index (χ2n) is 4.73. The van der Waals surface area contributed by atoms with Crippen LogP contribution in [0.1, 0.15) is 19.8 Å². The molecule has 0 aromatic heterocycles. The first-order valence-electron chi connectivity index (χ1n) is 6.53. The average molecular weight is 332 g/mol. The van der Waals surface area contributed by atoms with Gasteiger partial charge in [0.2, 0.25) is 0 Å². The molecule has 0 heterocycles. The van der Waals surface area contributed by atoms with E-state index in [0.29, 0.717) is 6.04 Å². The molecule has 1 aliphatic carbocycles. The number of rotatable bonds is 6. The minimum absolute atomic E-state index is 0.0232. The number of benzene rings is 1. The Morgan fingerprint density at radius 2 is 2.26 bits per heavy atom. The zero-order chi connectivity index (χ0) is 13.8. The summed E-state index contributed by atoms with van der Waals surface area (Å²) in [7, 11) is 1.66. The van der Waals surface area contributed by atoms with Crippen molar-refractivity contribution in [2.75, 3.05) is 13.7 Å². The minimum Gasteiger partial charge on any atom is -0.484 e. The normalized spacial score (nSPS) is 26.0. The quantitative estimate of drug-likeness (QED) is 0.868. The van der Waals surface area contributed by atoms with Gasteiger partial charge in [-0.25, -0.2) is 4.39 Å². The van der Waals surface area contributed by atoms with Gasteiger partial charge in [-0.05, 0) is 31.2 Å². The van der Waals surface area contributed by atoms with Crippen LogP contribution in [-0.2, 0) is 4.74 Å². The fourth-order valence-electron chi connectivity index (χ4n) is 2.27. The van der Waals surface area contributed by atoms with Gasteiger partial charge in [0.15, 0.2) is 11.6 Å². The molecule has 1 aromatic rings. The summed E-state index contributed by atoms with van der Waals surface area (Å²) in [5, 5.41) is 3.40. The number of hydrogen-bond donors (Lipinski definition) is 1. The summed E-state index contributed by atoms with van der Waals surface area (Å²) in [5.41, 5.74) is 0. The Bertz CT molecular complexity index is 430. The minimum atomic E-state index is -0.344. The van der Waals surface area contributed by atoms with Crippen molar-refractivity contribution in [1.82, 2.24) is 5.32 Å². The van der Waals surface area contributed by atoms with Crippen molar-refractivity contribution in [2.45, 2.75) is 38.0 Å². The SMILES string of the molecule is CCCNC1CC(Oc2cc(Br)ccc2F)C1OC. The number of hydrogen-bond acceptors (Lipinski definition) is 3. The average Bonchev–Trinajstić information content (AvgIpc) is 2.37. The molecule has 1 N–H and O–H groups in total. The van der Waals surface area contributed by atoms with Crippen molar-refractivity contribution >= 4 is 15.9 Å². The molecule has 3 unspecified atom stereocenters. The Labute approximate surface area is 121 Å². The monoisotopic (exact) mass is 331 g/mol. The van der Waals surface area contributed by atoms with Crippen molar-refractivity contribution in [3.8, 4) is 5.75 Å². The summed E-state index contributed by atoms with van der Waals surface area (Å²) >= 11 is 3.31. The molecule has 19 heavy (non-hydrogen) atoms. The van der Waals surface area contributed by atoms with Gasteiger partial charge in [0.25, 0.3) is 0 Å². The van der Waals surface area contributed by atoms with Crippen molar-refractivity contribution in [3.63, 3.8) is 0 Å². The summed E-state index contributed by atoms with van der Waals surface area (Å²) in [5.74, 6) is -0.0709. The fourth-order valence-corrected chi connectivity index (χ4v) is 2.61. The Balaban J connectivity index is 1.95. The van der Waals surface area contributed by atoms with E-state index >= 15 is 0 Å². The zero-order valence-electron chi connectivity index (χ0n) is 11.2. The van der Waals surface area contributed by atoms with E-state index < -0.39 is 0 Å². The van der Waals surface area contributed by atoms with Gasteiger partial charge in [0.05, 0.1) is 0 Å². The van der Waals surface area contributed by atoms with E-state index in [1.807, 2.05) is 0 Å². The van der Waals surface area contributed by atoms with Crippen LogP contribution in [0.15, 0.2) is 22.7 Å². The van der Waals surface area contributed by atoms with E-state index in [4.69, 9.17) is 9.47 Å². The van der Waals surface area contributed by atoms with Gasteiger partial charge in [0.1, 0.15) is 12.2 Å². The topological polar surface area (TPSA) is 30.5 Å². The molecule has 3 atom stereocenters. The standard InChI is InChI=1S/C14H19BrFNO2/c1-3-6-17-11-8-13(14(11)18-2)19-12-7-9(15)4-5-10(12)16/h4-5,7,11,13-14,17H,3,6,8H2,1-2H3. The van der Waals surface area contributed by atoms with Crippen LogP contribution in [0.25, 0.3) is 0 Å². The lowest BCUT2D eigenvalue weighted by molar-refractivity contribution is -0.0897. The number of ether oxygens (including phenoxy) is 2. The third kappa shape index (κ3) is 3.46. The summed E-state index contributed by atoms with van der Waals surface area (Å²) in [6, 6.07) is 4.99. The van der Waals surface area contributed by atoms with Crippen LogP contribution in [0.3, 0.4) is 0 Å². The van der Waals surface area contributed by atoms with Crippen LogP contribution in [0.4, 0.5) is 4.39 Å². The number of nitrogens with one attached hydrogen (secondary N) is 1. The van der Waals surface area contributed by atoms with E-state index in [-0.39, 0.29) is 23.8 Å². The largest absolute Gasteiger partial charge is 0.484 e. The fraction of sp³-hybridized carbons (Fsp3) is 0.571. The lowest BCUT2D eigenvalue weighted by Crippen LogP contribution is -2.61. The van der Waals surface area contributed by atoms with E-state index in [2.05, 4.69) is 28.2 Å². The van der Waals surface area contributed by atoms with Gasteiger partial charge in [-0.1, -0.05) is 22.9 Å². The Morgan fingerprint density at radius 3 is 2.95 bits per heavy atom. The zero-order valence-corrected chi connectivity index (χ0v) is 12.7. The second-order valence-corrected chi connectivity index (χ2v) is 5.64. The molecule has 2 rings (SSSR count). The van der Waals surface area contributed by atoms with Crippen molar-refractivity contribution in [2.24, 2.45) is 0 Å². The van der Waals surface area contributed by atoms with Crippen LogP contribution < -0.4 is 10.1 Å². The van der Waals surface area contributed by atoms with Crippen LogP contribution in [0, 0.1) is 5.82 Å². The van der Waals surface area contributed by atoms with Crippen molar-refractivity contribution < 1.29 is 13.9 Å². The van der Waals surface area contributed by atoms with Gasteiger partial charge in [-0.15, -0.1) is 0 Å². The summed E-state index contributed by atoms with van der Waals surface area (Å²) < 4.78 is 25.6. The number of halogens is 2. The van der Waals surface area contributed by atoms with E-state index in [1.54, 1.807) is 19.2 Å². The van der Waals surface area contributed by atoms with Crippen molar-refractivity contribution in [1.29, 1.82) is 0 Å². The first-order chi connectivity index (χ1) is 9.15. The summed E-state index contributed by atoms with van der Waals surface area (Å²) in [6.07, 6.45) is 1.80. The molecule has 0 spiro atoms. The summed E-state index contributed by atoms with van der Waals surface area (Å²) in [6.45, 7) is 3.08. The molecule has 5 heteroatoms. The molecular formula is C14H19BrFNO2. The summed E-state index contributed by atoms with van der Waals surface area (Å²) in [4.78, 5) is 0. The predicted molar refractivity (Wildman–Crippen MR) is 76.0 cm³/mol. The first kappa shape index (κ1) is 14.8. The van der Waals surface area contributed by atoms with Crippen LogP contribution in [-0.4, -0.2) is 31.9 Å². The lowest BCUT2D eigenvalue weighted by Gasteiger charge is -2.43. The highest BCUT2D eigenvalue weighted by atomic mass is 79.9. The van der Waals surface area contributed by atoms with Gasteiger partial charge in [-0.2, -0.15) is 0 Å². The Morgan fingerprint density at radius 1 is 1.47 bits per heavy atom. The molecule has 0 amide bonds. The molecule has 3 nitrogen and oxygen atoms in total. The molecule has 0 saturated heterocycles. The molecule has 0 aliphatic heterocycles. The highest BCUT2D eigenvalue weighted by Gasteiger charge is 2.43. The maximum absolute atomic E-state index is 13.6. The highest BCUT2D eigenvalue weighted by Crippen LogP contribution is 2.31. The Hall–Kier alpha value is -0.650. The molecule has 0 bridgehead atoms. The van der Waals surface area contributed by atoms with Gasteiger partial charge < -0.3 is 14.8 Å². The third-order valence-corrected chi connectivity index (χ3v) is 3.84. The molecule has 1 aromatic carbocycles. The maximum atomic E-state index is 13.6. The van der Waals surface area contributed by atoms with Gasteiger partial charge in [-0.3, -0.25) is 0 Å². The third-order valence-electron chi connectivity index (χ3n) is 3.35. The van der Waals surface area contributed by atoms with E-state index in [0.717, 1.165) is 23.9 Å². The van der Waals surface area contributed by atoms with Crippen LogP contribution in [0.2, 0.25) is 0 Å². The van der Waals surface area contributed by atoms with E-state index in [1.165, 1.54) is 6.07 Å². The van der Waals surface area contributed by atoms with Gasteiger partial charge >= 0.3 is 0 Å². The molecule has 0 radical (unpaired) electrons. The van der Waals surface area contributed by atoms with Crippen LogP contribution >= 0.6 is 15.9 Å². The molecular weight excluding hydrogens is 313 g/mol. The van der Waals surface area contributed by atoms with Crippen molar-refractivity contribution in [3.05, 3.63) is 28.5 Å². The molecule has 106 valence electrons. The van der Waals surface area contributed by atoms with Crippen LogP contribution in [0.5, 0.6) is 5.75 Å². The van der Waals surface area contributed by atoms with E-state index in [9.17, 15) is 4.39 Å². The molecule has 1 aliphatic rings. The molecule has 1 fully saturated rings. The maximum Gasteiger partial charge on any atom is 0.165 e. The second kappa shape index (κ2) is 6.68. The van der Waals surface area contributed by atoms with Gasteiger partial charge in [0, 0.05) is 24.0 Å².